The molecule has 0 saturated carbocycles. The van der Waals surface area contributed by atoms with Crippen LogP contribution < -0.4 is 0 Å². The van der Waals surface area contributed by atoms with Crippen LogP contribution in [-0.2, 0) is 14.3 Å². The zero-order chi connectivity index (χ0) is 12.7. The number of amides is 2. The minimum absolute atomic E-state index is 0.158. The van der Waals surface area contributed by atoms with Crippen LogP contribution in [0.2, 0.25) is 0 Å². The van der Waals surface area contributed by atoms with Gasteiger partial charge in [-0.15, -0.1) is 6.58 Å². The number of hydrogen-bond donors (Lipinski definition) is 0. The second-order valence-corrected chi connectivity index (χ2v) is 4.14. The predicted octanol–water partition coefficient (Wildman–Crippen LogP) is 1.46. The first-order chi connectivity index (χ1) is 7.49. The highest BCUT2D eigenvalue weighted by molar-refractivity contribution is 5.89. The lowest BCUT2D eigenvalue weighted by Gasteiger charge is -2.30. The van der Waals surface area contributed by atoms with Crippen LogP contribution in [0.4, 0.5) is 0 Å². The molecule has 0 aliphatic carbocycles. The molecule has 16 heavy (non-hydrogen) atoms. The molecule has 2 unspecified atom stereocenters. The molecule has 4 nitrogen and oxygen atoms in total. The van der Waals surface area contributed by atoms with Crippen LogP contribution in [0.5, 0.6) is 0 Å². The Morgan fingerprint density at radius 2 is 2.00 bits per heavy atom. The summed E-state index contributed by atoms with van der Waals surface area (Å²) in [5.41, 5.74) is 0. The first kappa shape index (κ1) is 14.8. The lowest BCUT2D eigenvalue weighted by Crippen LogP contribution is -2.46. The van der Waals surface area contributed by atoms with Gasteiger partial charge >= 0.3 is 0 Å². The van der Waals surface area contributed by atoms with Gasteiger partial charge in [0, 0.05) is 7.11 Å². The van der Waals surface area contributed by atoms with Crippen molar-refractivity contribution >= 4 is 12.3 Å². The fourth-order valence-corrected chi connectivity index (χ4v) is 1.39. The summed E-state index contributed by atoms with van der Waals surface area (Å²) in [6.45, 7) is 9.53. The van der Waals surface area contributed by atoms with Gasteiger partial charge in [0.2, 0.25) is 12.3 Å². The van der Waals surface area contributed by atoms with E-state index in [1.807, 2.05) is 13.8 Å². The first-order valence-electron chi connectivity index (χ1n) is 5.38. The number of nitrogens with zero attached hydrogens (tertiary/aromatic N) is 1. The van der Waals surface area contributed by atoms with E-state index < -0.39 is 0 Å². The fraction of sp³-hybridized carbons (Fsp3) is 0.667. The van der Waals surface area contributed by atoms with Crippen LogP contribution >= 0.6 is 0 Å². The van der Waals surface area contributed by atoms with Crippen LogP contribution in [0.25, 0.3) is 0 Å². The Morgan fingerprint density at radius 3 is 2.31 bits per heavy atom. The molecule has 0 spiro atoms. The molecule has 4 heteroatoms. The lowest BCUT2D eigenvalue weighted by atomic mass is 10.0. The highest BCUT2D eigenvalue weighted by Crippen LogP contribution is 2.13. The van der Waals surface area contributed by atoms with E-state index in [1.165, 1.54) is 11.0 Å². The van der Waals surface area contributed by atoms with Gasteiger partial charge in [-0.3, -0.25) is 14.5 Å². The lowest BCUT2D eigenvalue weighted by molar-refractivity contribution is -0.145. The number of imide groups is 1. The molecule has 0 aromatic rings. The number of ether oxygens (including phenoxy) is 1. The van der Waals surface area contributed by atoms with E-state index in [-0.39, 0.29) is 23.8 Å². The van der Waals surface area contributed by atoms with E-state index in [0.29, 0.717) is 13.0 Å². The maximum Gasteiger partial charge on any atom is 0.235 e. The predicted molar refractivity (Wildman–Crippen MR) is 62.8 cm³/mol. The molecule has 0 aromatic carbocycles. The van der Waals surface area contributed by atoms with Crippen molar-refractivity contribution in [1.29, 1.82) is 0 Å². The molecule has 0 aliphatic heterocycles. The average Bonchev–Trinajstić information content (AvgIpc) is 2.27. The van der Waals surface area contributed by atoms with E-state index in [0.717, 1.165) is 0 Å². The van der Waals surface area contributed by atoms with Crippen molar-refractivity contribution in [2.45, 2.75) is 26.8 Å². The van der Waals surface area contributed by atoms with E-state index in [2.05, 4.69) is 6.58 Å². The van der Waals surface area contributed by atoms with Crippen molar-refractivity contribution in [3.63, 3.8) is 0 Å². The summed E-state index contributed by atoms with van der Waals surface area (Å²) in [5.74, 6) is -0.435. The quantitative estimate of drug-likeness (QED) is 0.488. The summed E-state index contributed by atoms with van der Waals surface area (Å²) in [7, 11) is 1.56. The molecule has 2 amide bonds. The number of carbonyl (C=O) groups is 2. The summed E-state index contributed by atoms with van der Waals surface area (Å²) >= 11 is 0. The Bertz CT molecular complexity index is 251. The van der Waals surface area contributed by atoms with E-state index in [4.69, 9.17) is 4.74 Å². The van der Waals surface area contributed by atoms with Crippen LogP contribution in [0.1, 0.15) is 20.8 Å². The summed E-state index contributed by atoms with van der Waals surface area (Å²) in [6, 6.07) is -0.225. The monoisotopic (exact) mass is 227 g/mol. The number of carbonyl (C=O) groups excluding carboxylic acids is 2. The smallest absolute Gasteiger partial charge is 0.235 e. The zero-order valence-electron chi connectivity index (χ0n) is 10.5. The number of rotatable bonds is 7. The Labute approximate surface area is 97.3 Å². The zero-order valence-corrected chi connectivity index (χ0v) is 10.5. The number of methoxy groups -OCH3 is 1. The Morgan fingerprint density at radius 1 is 1.44 bits per heavy atom. The summed E-state index contributed by atoms with van der Waals surface area (Å²) < 4.78 is 5.03. The standard InChI is InChI=1S/C12H21NO3/c1-6-10(4)12(15)13(8-14)11(7-16-5)9(2)3/h6,8-11H,1,7H2,2-5H3. The van der Waals surface area contributed by atoms with Crippen molar-refractivity contribution in [3.05, 3.63) is 12.7 Å². The van der Waals surface area contributed by atoms with Gasteiger partial charge in [-0.05, 0) is 5.92 Å². The third kappa shape index (κ3) is 3.77. The van der Waals surface area contributed by atoms with Crippen molar-refractivity contribution in [2.75, 3.05) is 13.7 Å². The van der Waals surface area contributed by atoms with Crippen molar-refractivity contribution in [1.82, 2.24) is 4.90 Å². The first-order valence-corrected chi connectivity index (χ1v) is 5.38. The van der Waals surface area contributed by atoms with Gasteiger partial charge < -0.3 is 4.74 Å². The largest absolute Gasteiger partial charge is 0.383 e. The average molecular weight is 227 g/mol. The molecular formula is C12H21NO3. The molecule has 0 aromatic heterocycles. The maximum absolute atomic E-state index is 11.9. The molecule has 92 valence electrons. The van der Waals surface area contributed by atoms with Crippen molar-refractivity contribution in [2.24, 2.45) is 11.8 Å². The van der Waals surface area contributed by atoms with Gasteiger partial charge in [0.25, 0.3) is 0 Å². The molecule has 0 N–H and O–H groups in total. The Kier molecular flexibility index (Phi) is 6.65. The SMILES string of the molecule is C=CC(C)C(=O)N(C=O)C(COC)C(C)C. The maximum atomic E-state index is 11.9. The highest BCUT2D eigenvalue weighted by atomic mass is 16.5. The fourth-order valence-electron chi connectivity index (χ4n) is 1.39. The molecule has 0 bridgehead atoms. The van der Waals surface area contributed by atoms with Crippen LogP contribution in [-0.4, -0.2) is 37.0 Å². The minimum atomic E-state index is -0.358. The second kappa shape index (κ2) is 7.17. The van der Waals surface area contributed by atoms with E-state index >= 15 is 0 Å². The topological polar surface area (TPSA) is 46.6 Å². The molecule has 0 radical (unpaired) electrons. The van der Waals surface area contributed by atoms with Gasteiger partial charge in [0.1, 0.15) is 0 Å². The second-order valence-electron chi connectivity index (χ2n) is 4.14. The van der Waals surface area contributed by atoms with Crippen molar-refractivity contribution < 1.29 is 14.3 Å². The molecule has 0 fully saturated rings. The summed E-state index contributed by atoms with van der Waals surface area (Å²) in [6.07, 6.45) is 2.11. The van der Waals surface area contributed by atoms with Crippen LogP contribution in [0.3, 0.4) is 0 Å². The minimum Gasteiger partial charge on any atom is -0.383 e. The van der Waals surface area contributed by atoms with Gasteiger partial charge in [-0.25, -0.2) is 0 Å². The molecule has 0 saturated heterocycles. The van der Waals surface area contributed by atoms with E-state index in [9.17, 15) is 9.59 Å². The van der Waals surface area contributed by atoms with E-state index in [1.54, 1.807) is 14.0 Å². The van der Waals surface area contributed by atoms with Gasteiger partial charge in [-0.1, -0.05) is 26.8 Å². The summed E-state index contributed by atoms with van der Waals surface area (Å²) in [5, 5.41) is 0. The van der Waals surface area contributed by atoms with Gasteiger partial charge in [-0.2, -0.15) is 0 Å². The Balaban J connectivity index is 4.85. The normalized spacial score (nSPS) is 14.3. The third-order valence-electron chi connectivity index (χ3n) is 2.58. The van der Waals surface area contributed by atoms with Gasteiger partial charge in [0.15, 0.2) is 0 Å². The summed E-state index contributed by atoms with van der Waals surface area (Å²) in [4.78, 5) is 24.1. The molecule has 0 heterocycles. The molecule has 0 aliphatic rings. The molecule has 0 rings (SSSR count). The Hall–Kier alpha value is -1.16. The van der Waals surface area contributed by atoms with Gasteiger partial charge in [0.05, 0.1) is 18.6 Å². The number of hydrogen-bond acceptors (Lipinski definition) is 3. The van der Waals surface area contributed by atoms with Crippen molar-refractivity contribution in [3.8, 4) is 0 Å². The van der Waals surface area contributed by atoms with Crippen LogP contribution in [0.15, 0.2) is 12.7 Å². The van der Waals surface area contributed by atoms with Crippen LogP contribution in [0, 0.1) is 11.8 Å². The molecule has 2 atom stereocenters. The highest BCUT2D eigenvalue weighted by Gasteiger charge is 2.28. The third-order valence-corrected chi connectivity index (χ3v) is 2.58. The molecular weight excluding hydrogens is 206 g/mol.